The van der Waals surface area contributed by atoms with Gasteiger partial charge >= 0.3 is 19.8 Å². The first kappa shape index (κ1) is 53.1. The van der Waals surface area contributed by atoms with Crippen LogP contribution in [0.1, 0.15) is 149 Å². The number of hydrogen-bond donors (Lipinski definition) is 3. The van der Waals surface area contributed by atoms with Gasteiger partial charge in [0.1, 0.15) is 12.7 Å². The van der Waals surface area contributed by atoms with Crippen LogP contribution >= 0.6 is 7.82 Å². The zero-order chi connectivity index (χ0) is 41.4. The van der Waals surface area contributed by atoms with Crippen molar-refractivity contribution in [3.8, 4) is 0 Å². The minimum atomic E-state index is -4.65. The number of carbonyl (C=O) groups is 3. The monoisotopic (exact) mass is 808 g/mol. The summed E-state index contributed by atoms with van der Waals surface area (Å²) in [5.41, 5.74) is 0. The molecule has 0 spiro atoms. The Balaban J connectivity index is 4.44. The van der Waals surface area contributed by atoms with Crippen molar-refractivity contribution in [3.63, 3.8) is 0 Å². The normalized spacial score (nSPS) is 14.5. The molecule has 3 atom stereocenters. The van der Waals surface area contributed by atoms with Gasteiger partial charge in [-0.1, -0.05) is 126 Å². The van der Waals surface area contributed by atoms with E-state index in [1.165, 1.54) is 0 Å². The lowest BCUT2D eigenvalue weighted by Gasteiger charge is -2.20. The molecule has 0 aliphatic heterocycles. The fourth-order valence-corrected chi connectivity index (χ4v) is 5.87. The molecule has 0 fully saturated rings. The largest absolute Gasteiger partial charge is 0.472 e. The van der Waals surface area contributed by atoms with Gasteiger partial charge in [0.25, 0.3) is 0 Å². The summed E-state index contributed by atoms with van der Waals surface area (Å²) in [6.45, 7) is 2.00. The molecule has 11 nitrogen and oxygen atoms in total. The number of aliphatic hydroxyl groups excluding tert-OH is 2. The standard InChI is InChI=1S/C44H73O11P/c1-3-5-7-8-9-10-11-12-13-14-15-16-17-20-23-26-30-34-43(48)52-38-42(39-54-56(50,51)53-37-41(47)36-45)55-44(49)35-31-27-24-21-18-19-22-25-29-33-40(46)32-28-6-4-2/h5,7,9-10,12-13,15-16,22,25,29,33,41-42,45,47H,3-4,6,8,11,14,17-21,23-24,26-28,30-32,34-39H2,1-2H3,(H,50,51)/b7-5-,10-9-,13-12-,16-15-,25-22-,33-29+/t41-,42+/m0/s1. The van der Waals surface area contributed by atoms with E-state index in [-0.39, 0.29) is 25.2 Å². The highest BCUT2D eigenvalue weighted by Gasteiger charge is 2.27. The lowest BCUT2D eigenvalue weighted by atomic mass is 10.1. The summed E-state index contributed by atoms with van der Waals surface area (Å²) in [5.74, 6) is -0.864. The minimum Gasteiger partial charge on any atom is -0.462 e. The molecule has 56 heavy (non-hydrogen) atoms. The van der Waals surface area contributed by atoms with Gasteiger partial charge in [-0.3, -0.25) is 23.4 Å². The van der Waals surface area contributed by atoms with E-state index < -0.39 is 51.8 Å². The Morgan fingerprint density at radius 1 is 0.607 bits per heavy atom. The number of aliphatic hydroxyl groups is 2. The second kappa shape index (κ2) is 38.9. The Bertz CT molecular complexity index is 1220. The number of ether oxygens (including phenoxy) is 2. The summed E-state index contributed by atoms with van der Waals surface area (Å²) < 4.78 is 32.6. The summed E-state index contributed by atoms with van der Waals surface area (Å²) in [6.07, 6.45) is 39.9. The van der Waals surface area contributed by atoms with Gasteiger partial charge in [-0.15, -0.1) is 0 Å². The molecular formula is C44H73O11P. The number of allylic oxidation sites excluding steroid dienone is 12. The van der Waals surface area contributed by atoms with E-state index in [1.807, 2.05) is 12.2 Å². The summed E-state index contributed by atoms with van der Waals surface area (Å²) in [7, 11) is -4.65. The second-order valence-corrected chi connectivity index (χ2v) is 15.1. The van der Waals surface area contributed by atoms with Gasteiger partial charge in [0.15, 0.2) is 11.9 Å². The smallest absolute Gasteiger partial charge is 0.462 e. The van der Waals surface area contributed by atoms with Crippen LogP contribution in [0.4, 0.5) is 0 Å². The number of phosphoric ester groups is 1. The maximum atomic E-state index is 12.6. The Hall–Kier alpha value is -2.92. The molecule has 0 heterocycles. The van der Waals surface area contributed by atoms with E-state index in [2.05, 4.69) is 67.0 Å². The average molecular weight is 809 g/mol. The molecule has 1 unspecified atom stereocenters. The summed E-state index contributed by atoms with van der Waals surface area (Å²) in [5, 5.41) is 18.3. The molecule has 0 amide bonds. The molecule has 3 N–H and O–H groups in total. The molecule has 0 rings (SSSR count). The van der Waals surface area contributed by atoms with Crippen LogP contribution in [0.25, 0.3) is 0 Å². The molecule has 0 saturated carbocycles. The van der Waals surface area contributed by atoms with Crippen LogP contribution in [0.15, 0.2) is 72.9 Å². The topological polar surface area (TPSA) is 166 Å². The third-order valence-electron chi connectivity index (χ3n) is 8.32. The predicted octanol–water partition coefficient (Wildman–Crippen LogP) is 10.1. The maximum Gasteiger partial charge on any atom is 0.472 e. The molecule has 0 bridgehead atoms. The molecule has 320 valence electrons. The number of esters is 2. The van der Waals surface area contributed by atoms with Crippen molar-refractivity contribution in [1.82, 2.24) is 0 Å². The number of phosphoric acid groups is 1. The second-order valence-electron chi connectivity index (χ2n) is 13.7. The molecule has 0 saturated heterocycles. The van der Waals surface area contributed by atoms with Gasteiger partial charge in [0.05, 0.1) is 19.8 Å². The van der Waals surface area contributed by atoms with Crippen LogP contribution in [0, 0.1) is 0 Å². The SMILES string of the molecule is CC/C=C\C/C=C\C/C=C\C/C=C\CCCCCCC(=O)OC[C@H](COP(=O)(O)OC[C@@H](O)CO)OC(=O)CCCCCCC/C=C\C=C\C(=O)CCCCC. The van der Waals surface area contributed by atoms with Gasteiger partial charge in [-0.25, -0.2) is 4.57 Å². The number of unbranched alkanes of at least 4 members (excludes halogenated alkanes) is 11. The summed E-state index contributed by atoms with van der Waals surface area (Å²) in [6, 6.07) is 0. The highest BCUT2D eigenvalue weighted by molar-refractivity contribution is 7.47. The number of rotatable bonds is 38. The first-order valence-electron chi connectivity index (χ1n) is 20.8. The Morgan fingerprint density at radius 2 is 1.14 bits per heavy atom. The first-order chi connectivity index (χ1) is 27.1. The fraction of sp³-hybridized carbons (Fsp3) is 0.659. The van der Waals surface area contributed by atoms with Crippen molar-refractivity contribution in [1.29, 1.82) is 0 Å². The zero-order valence-electron chi connectivity index (χ0n) is 34.3. The Morgan fingerprint density at radius 3 is 1.77 bits per heavy atom. The molecule has 0 aromatic rings. The van der Waals surface area contributed by atoms with E-state index in [1.54, 1.807) is 12.2 Å². The Kier molecular flexibility index (Phi) is 36.9. The molecule has 12 heteroatoms. The number of carbonyl (C=O) groups excluding carboxylic acids is 3. The molecule has 0 aliphatic carbocycles. The minimum absolute atomic E-state index is 0.123. The van der Waals surface area contributed by atoms with Crippen molar-refractivity contribution in [2.45, 2.75) is 161 Å². The highest BCUT2D eigenvalue weighted by atomic mass is 31.2. The third kappa shape index (κ3) is 38.0. The van der Waals surface area contributed by atoms with Crippen LogP contribution < -0.4 is 0 Å². The van der Waals surface area contributed by atoms with E-state index in [9.17, 15) is 28.9 Å². The maximum absolute atomic E-state index is 12.6. The van der Waals surface area contributed by atoms with E-state index >= 15 is 0 Å². The molecule has 0 radical (unpaired) electrons. The van der Waals surface area contributed by atoms with Gasteiger partial charge in [-0.2, -0.15) is 0 Å². The first-order valence-corrected chi connectivity index (χ1v) is 22.3. The van der Waals surface area contributed by atoms with Crippen LogP contribution in [-0.4, -0.2) is 71.5 Å². The fourth-order valence-electron chi connectivity index (χ4n) is 5.08. The van der Waals surface area contributed by atoms with Crippen molar-refractivity contribution in [3.05, 3.63) is 72.9 Å². The highest BCUT2D eigenvalue weighted by Crippen LogP contribution is 2.43. The van der Waals surface area contributed by atoms with Crippen molar-refractivity contribution >= 4 is 25.5 Å². The lowest BCUT2D eigenvalue weighted by Crippen LogP contribution is -2.29. The van der Waals surface area contributed by atoms with E-state index in [0.717, 1.165) is 103 Å². The average Bonchev–Trinajstić information content (AvgIpc) is 3.18. The number of hydrogen-bond acceptors (Lipinski definition) is 10. The third-order valence-corrected chi connectivity index (χ3v) is 9.27. The Labute approximate surface area is 337 Å². The van der Waals surface area contributed by atoms with E-state index in [0.29, 0.717) is 19.3 Å². The zero-order valence-corrected chi connectivity index (χ0v) is 35.2. The van der Waals surface area contributed by atoms with Gasteiger partial charge in [0, 0.05) is 19.3 Å². The van der Waals surface area contributed by atoms with E-state index in [4.69, 9.17) is 19.1 Å². The van der Waals surface area contributed by atoms with Crippen LogP contribution in [0.2, 0.25) is 0 Å². The lowest BCUT2D eigenvalue weighted by molar-refractivity contribution is -0.161. The van der Waals surface area contributed by atoms with Gasteiger partial charge < -0.3 is 24.6 Å². The van der Waals surface area contributed by atoms with Crippen molar-refractivity contribution < 1.29 is 52.6 Å². The molecule has 0 aromatic heterocycles. The van der Waals surface area contributed by atoms with Crippen molar-refractivity contribution in [2.24, 2.45) is 0 Å². The number of ketones is 1. The van der Waals surface area contributed by atoms with Crippen molar-refractivity contribution in [2.75, 3.05) is 26.4 Å². The molecular weight excluding hydrogens is 735 g/mol. The summed E-state index contributed by atoms with van der Waals surface area (Å²) in [4.78, 5) is 46.7. The quantitative estimate of drug-likeness (QED) is 0.0136. The summed E-state index contributed by atoms with van der Waals surface area (Å²) >= 11 is 0. The molecule has 0 aromatic carbocycles. The van der Waals surface area contributed by atoms with Crippen LogP contribution in [0.5, 0.6) is 0 Å². The van der Waals surface area contributed by atoms with Gasteiger partial charge in [0.2, 0.25) is 0 Å². The van der Waals surface area contributed by atoms with Gasteiger partial charge in [-0.05, 0) is 76.7 Å². The van der Waals surface area contributed by atoms with Crippen LogP contribution in [-0.2, 0) is 37.5 Å². The molecule has 0 aliphatic rings. The van der Waals surface area contributed by atoms with Crippen LogP contribution in [0.3, 0.4) is 0 Å². The predicted molar refractivity (Wildman–Crippen MR) is 224 cm³/mol.